The molecule has 0 atom stereocenters. The third-order valence-corrected chi connectivity index (χ3v) is 3.60. The van der Waals surface area contributed by atoms with E-state index in [1.807, 2.05) is 13.8 Å². The molecule has 1 aromatic heterocycles. The number of aliphatic imine (C=N–C) groups is 1. The molecular weight excluding hydrogens is 425 g/mol. The van der Waals surface area contributed by atoms with Crippen molar-refractivity contribution in [3.63, 3.8) is 0 Å². The van der Waals surface area contributed by atoms with Gasteiger partial charge in [0, 0.05) is 31.7 Å². The van der Waals surface area contributed by atoms with Crippen molar-refractivity contribution in [2.45, 2.75) is 39.3 Å². The predicted octanol–water partition coefficient (Wildman–Crippen LogP) is 1.97. The van der Waals surface area contributed by atoms with Gasteiger partial charge in [-0.25, -0.2) is 9.79 Å². The number of piperidine rings is 1. The summed E-state index contributed by atoms with van der Waals surface area (Å²) >= 11 is 0. The molecule has 2 rings (SSSR count). The highest BCUT2D eigenvalue weighted by Gasteiger charge is 2.23. The van der Waals surface area contributed by atoms with E-state index in [1.165, 1.54) is 6.26 Å². The van der Waals surface area contributed by atoms with E-state index in [9.17, 15) is 4.79 Å². The van der Waals surface area contributed by atoms with Crippen LogP contribution >= 0.6 is 24.0 Å². The van der Waals surface area contributed by atoms with Crippen molar-refractivity contribution in [3.8, 4) is 0 Å². The molecule has 8 nitrogen and oxygen atoms in total. The van der Waals surface area contributed by atoms with Gasteiger partial charge in [0.15, 0.2) is 5.96 Å². The smallest absolute Gasteiger partial charge is 0.409 e. The Kier molecular flexibility index (Phi) is 9.50. The van der Waals surface area contributed by atoms with Gasteiger partial charge in [-0.2, -0.15) is 0 Å². The summed E-state index contributed by atoms with van der Waals surface area (Å²) in [7, 11) is 0. The van der Waals surface area contributed by atoms with Crippen molar-refractivity contribution in [3.05, 3.63) is 18.0 Å². The Labute approximate surface area is 159 Å². The van der Waals surface area contributed by atoms with Gasteiger partial charge in [0.2, 0.25) is 0 Å². The minimum Gasteiger partial charge on any atom is -0.450 e. The quantitative estimate of drug-likeness (QED) is 0.404. The van der Waals surface area contributed by atoms with Crippen LogP contribution in [0, 0.1) is 0 Å². The van der Waals surface area contributed by atoms with E-state index in [4.69, 9.17) is 9.26 Å². The van der Waals surface area contributed by atoms with Crippen LogP contribution in [0.5, 0.6) is 0 Å². The standard InChI is InChI=1S/C15H25N5O3.HI/c1-3-16-14(17-11-13-7-10-23-19-13)18-12-5-8-20(9-6-12)15(21)22-4-2;/h7,10,12H,3-6,8-9,11H2,1-2H3,(H2,16,17,18);1H. The van der Waals surface area contributed by atoms with Gasteiger partial charge in [-0.3, -0.25) is 0 Å². The Hall–Kier alpha value is -1.52. The lowest BCUT2D eigenvalue weighted by atomic mass is 10.1. The number of carbonyl (C=O) groups is 1. The summed E-state index contributed by atoms with van der Waals surface area (Å²) in [5.41, 5.74) is 0.791. The van der Waals surface area contributed by atoms with Crippen LogP contribution in [0.2, 0.25) is 0 Å². The summed E-state index contributed by atoms with van der Waals surface area (Å²) in [4.78, 5) is 17.9. The topological polar surface area (TPSA) is 92.0 Å². The van der Waals surface area contributed by atoms with Gasteiger partial charge in [0.05, 0.1) is 13.2 Å². The number of hydrogen-bond donors (Lipinski definition) is 2. The molecule has 0 unspecified atom stereocenters. The molecule has 1 amide bonds. The zero-order valence-electron chi connectivity index (χ0n) is 14.2. The Balaban J connectivity index is 0.00000288. The molecule has 9 heteroatoms. The SMILES string of the molecule is CCNC(=NCc1ccon1)NC1CCN(C(=O)OCC)CC1.I. The second-order valence-corrected chi connectivity index (χ2v) is 5.29. The maximum absolute atomic E-state index is 11.7. The third-order valence-electron chi connectivity index (χ3n) is 3.60. The van der Waals surface area contributed by atoms with Crippen LogP contribution in [-0.2, 0) is 11.3 Å². The molecule has 1 fully saturated rings. The highest BCUT2D eigenvalue weighted by Crippen LogP contribution is 2.11. The van der Waals surface area contributed by atoms with Crippen molar-refractivity contribution >= 4 is 36.0 Å². The average molecular weight is 451 g/mol. The number of amides is 1. The summed E-state index contributed by atoms with van der Waals surface area (Å²) in [5, 5.41) is 10.5. The Morgan fingerprint density at radius 1 is 1.46 bits per heavy atom. The minimum atomic E-state index is -0.224. The fourth-order valence-electron chi connectivity index (χ4n) is 2.41. The lowest BCUT2D eigenvalue weighted by Gasteiger charge is -2.32. The van der Waals surface area contributed by atoms with E-state index in [0.717, 1.165) is 31.0 Å². The molecule has 2 heterocycles. The maximum Gasteiger partial charge on any atom is 0.409 e. The van der Waals surface area contributed by atoms with Gasteiger partial charge < -0.3 is 24.8 Å². The van der Waals surface area contributed by atoms with Crippen molar-refractivity contribution in [2.24, 2.45) is 4.99 Å². The van der Waals surface area contributed by atoms with Crippen LogP contribution in [-0.4, -0.2) is 54.4 Å². The number of ether oxygens (including phenoxy) is 1. The number of aromatic nitrogens is 1. The minimum absolute atomic E-state index is 0. The number of rotatable bonds is 5. The van der Waals surface area contributed by atoms with Crippen molar-refractivity contribution in [2.75, 3.05) is 26.2 Å². The Bertz CT molecular complexity index is 501. The van der Waals surface area contributed by atoms with Crippen LogP contribution < -0.4 is 10.6 Å². The van der Waals surface area contributed by atoms with Gasteiger partial charge >= 0.3 is 6.09 Å². The van der Waals surface area contributed by atoms with Crippen LogP contribution in [0.15, 0.2) is 21.8 Å². The lowest BCUT2D eigenvalue weighted by Crippen LogP contribution is -2.49. The maximum atomic E-state index is 11.7. The molecular formula is C15H26IN5O3. The number of halogens is 1. The summed E-state index contributed by atoms with van der Waals surface area (Å²) in [6.45, 7) is 6.89. The van der Waals surface area contributed by atoms with Crippen LogP contribution in [0.4, 0.5) is 4.79 Å². The largest absolute Gasteiger partial charge is 0.450 e. The Morgan fingerprint density at radius 3 is 2.79 bits per heavy atom. The number of nitrogens with zero attached hydrogens (tertiary/aromatic N) is 3. The Morgan fingerprint density at radius 2 is 2.21 bits per heavy atom. The summed E-state index contributed by atoms with van der Waals surface area (Å²) in [6.07, 6.45) is 3.05. The molecule has 0 radical (unpaired) electrons. The normalized spacial score (nSPS) is 15.6. The fourth-order valence-corrected chi connectivity index (χ4v) is 2.41. The average Bonchev–Trinajstić information content (AvgIpc) is 3.07. The van der Waals surface area contributed by atoms with Gasteiger partial charge in [0.25, 0.3) is 0 Å². The van der Waals surface area contributed by atoms with Crippen molar-refractivity contribution in [1.29, 1.82) is 0 Å². The summed E-state index contributed by atoms with van der Waals surface area (Å²) in [5.74, 6) is 0.755. The van der Waals surface area contributed by atoms with E-state index in [0.29, 0.717) is 26.2 Å². The first kappa shape index (κ1) is 20.5. The molecule has 2 N–H and O–H groups in total. The second-order valence-electron chi connectivity index (χ2n) is 5.29. The second kappa shape index (κ2) is 11.1. The van der Waals surface area contributed by atoms with Gasteiger partial charge in [0.1, 0.15) is 12.0 Å². The van der Waals surface area contributed by atoms with Gasteiger partial charge in [-0.05, 0) is 26.7 Å². The number of hydrogen-bond acceptors (Lipinski definition) is 5. The first-order valence-electron chi connectivity index (χ1n) is 8.08. The fraction of sp³-hybridized carbons (Fsp3) is 0.667. The number of guanidine groups is 1. The number of carbonyl (C=O) groups excluding carboxylic acids is 1. The summed E-state index contributed by atoms with van der Waals surface area (Å²) in [6, 6.07) is 2.08. The van der Waals surface area contributed by atoms with Crippen LogP contribution in [0.25, 0.3) is 0 Å². The third kappa shape index (κ3) is 6.54. The van der Waals surface area contributed by atoms with Gasteiger partial charge in [-0.1, -0.05) is 5.16 Å². The van der Waals surface area contributed by atoms with Crippen LogP contribution in [0.1, 0.15) is 32.4 Å². The molecule has 1 aliphatic rings. The van der Waals surface area contributed by atoms with Crippen molar-refractivity contribution < 1.29 is 14.1 Å². The van der Waals surface area contributed by atoms with Crippen LogP contribution in [0.3, 0.4) is 0 Å². The first-order valence-corrected chi connectivity index (χ1v) is 8.08. The monoisotopic (exact) mass is 451 g/mol. The van der Waals surface area contributed by atoms with E-state index < -0.39 is 0 Å². The highest BCUT2D eigenvalue weighted by atomic mass is 127. The molecule has 0 spiro atoms. The predicted molar refractivity (Wildman–Crippen MR) is 101 cm³/mol. The van der Waals surface area contributed by atoms with Gasteiger partial charge in [-0.15, -0.1) is 24.0 Å². The van der Waals surface area contributed by atoms with E-state index in [-0.39, 0.29) is 36.1 Å². The van der Waals surface area contributed by atoms with E-state index in [2.05, 4.69) is 20.8 Å². The molecule has 24 heavy (non-hydrogen) atoms. The molecule has 0 bridgehead atoms. The highest BCUT2D eigenvalue weighted by molar-refractivity contribution is 14.0. The summed E-state index contributed by atoms with van der Waals surface area (Å²) < 4.78 is 9.83. The zero-order chi connectivity index (χ0) is 16.5. The lowest BCUT2D eigenvalue weighted by molar-refractivity contribution is 0.0963. The number of nitrogens with one attached hydrogen (secondary N) is 2. The molecule has 1 saturated heterocycles. The zero-order valence-corrected chi connectivity index (χ0v) is 16.5. The molecule has 0 saturated carbocycles. The molecule has 0 aliphatic carbocycles. The molecule has 1 aliphatic heterocycles. The van der Waals surface area contributed by atoms with E-state index >= 15 is 0 Å². The first-order chi connectivity index (χ1) is 11.2. The van der Waals surface area contributed by atoms with Crippen molar-refractivity contribution in [1.82, 2.24) is 20.7 Å². The van der Waals surface area contributed by atoms with E-state index in [1.54, 1.807) is 11.0 Å². The molecule has 1 aromatic rings. The number of likely N-dealkylation sites (tertiary alicyclic amines) is 1. The molecule has 0 aromatic carbocycles. The molecule has 136 valence electrons.